The van der Waals surface area contributed by atoms with Gasteiger partial charge in [-0.3, -0.25) is 0 Å². The van der Waals surface area contributed by atoms with Crippen molar-refractivity contribution in [2.75, 3.05) is 13.2 Å². The van der Waals surface area contributed by atoms with E-state index in [0.29, 0.717) is 12.1 Å². The average molecular weight is 290 g/mol. The molecule has 1 N–H and O–H groups in total. The molecule has 0 amide bonds. The van der Waals surface area contributed by atoms with Gasteiger partial charge >= 0.3 is 0 Å². The lowest BCUT2D eigenvalue weighted by Crippen LogP contribution is -2.41. The van der Waals surface area contributed by atoms with E-state index in [1.165, 1.54) is 22.5 Å². The number of ether oxygens (including phenoxy) is 1. The molecule has 2 aromatic rings. The highest BCUT2D eigenvalue weighted by atomic mass is 32.1. The minimum absolute atomic E-state index is 0.355. The summed E-state index contributed by atoms with van der Waals surface area (Å²) in [6.07, 6.45) is 4.85. The van der Waals surface area contributed by atoms with E-state index in [-0.39, 0.29) is 0 Å². The van der Waals surface area contributed by atoms with Gasteiger partial charge in [0, 0.05) is 19.1 Å². The number of rotatable bonds is 6. The summed E-state index contributed by atoms with van der Waals surface area (Å²) in [7, 11) is 0. The Morgan fingerprint density at radius 3 is 3.10 bits per heavy atom. The number of thiazole rings is 1. The maximum atomic E-state index is 5.87. The van der Waals surface area contributed by atoms with Crippen LogP contribution in [-0.4, -0.2) is 30.3 Å². The Bertz CT molecular complexity index is 515. The first kappa shape index (κ1) is 14.0. The molecule has 2 unspecified atom stereocenters. The molecule has 1 aromatic carbocycles. The molecule has 1 aliphatic rings. The highest BCUT2D eigenvalue weighted by Crippen LogP contribution is 2.25. The third kappa shape index (κ3) is 3.19. The van der Waals surface area contributed by atoms with Crippen molar-refractivity contribution in [1.82, 2.24) is 10.3 Å². The average Bonchev–Trinajstić information content (AvgIpc) is 3.11. The van der Waals surface area contributed by atoms with Crippen molar-refractivity contribution in [2.45, 2.75) is 44.8 Å². The van der Waals surface area contributed by atoms with Crippen LogP contribution in [0.4, 0.5) is 0 Å². The van der Waals surface area contributed by atoms with E-state index in [4.69, 9.17) is 9.72 Å². The van der Waals surface area contributed by atoms with Gasteiger partial charge in [-0.05, 0) is 37.9 Å². The lowest BCUT2D eigenvalue weighted by molar-refractivity contribution is 0.0784. The predicted octanol–water partition coefficient (Wildman–Crippen LogP) is 3.39. The maximum absolute atomic E-state index is 5.87. The molecule has 1 fully saturated rings. The van der Waals surface area contributed by atoms with Crippen LogP contribution >= 0.6 is 11.3 Å². The Hall–Kier alpha value is -0.970. The lowest BCUT2D eigenvalue weighted by Gasteiger charge is -2.23. The summed E-state index contributed by atoms with van der Waals surface area (Å²) in [6, 6.07) is 8.78. The second-order valence-corrected chi connectivity index (χ2v) is 6.51. The van der Waals surface area contributed by atoms with Gasteiger partial charge in [0.1, 0.15) is 0 Å². The van der Waals surface area contributed by atoms with E-state index >= 15 is 0 Å². The van der Waals surface area contributed by atoms with E-state index in [0.717, 1.165) is 31.5 Å². The summed E-state index contributed by atoms with van der Waals surface area (Å²) in [4.78, 5) is 4.75. The SMILES string of the molecule is CCCNC(Cc1nc2ccccc2s1)C1CCCO1. The van der Waals surface area contributed by atoms with Crippen LogP contribution in [0, 0.1) is 0 Å². The van der Waals surface area contributed by atoms with Crippen molar-refractivity contribution in [2.24, 2.45) is 0 Å². The molecule has 1 saturated heterocycles. The zero-order valence-electron chi connectivity index (χ0n) is 12.0. The van der Waals surface area contributed by atoms with Crippen LogP contribution in [0.15, 0.2) is 24.3 Å². The van der Waals surface area contributed by atoms with Crippen molar-refractivity contribution >= 4 is 21.6 Å². The normalized spacial score (nSPS) is 20.6. The zero-order valence-corrected chi connectivity index (χ0v) is 12.8. The number of hydrogen-bond donors (Lipinski definition) is 1. The van der Waals surface area contributed by atoms with Crippen molar-refractivity contribution < 1.29 is 4.74 Å². The van der Waals surface area contributed by atoms with Gasteiger partial charge < -0.3 is 10.1 Å². The first-order valence-electron chi connectivity index (χ1n) is 7.56. The molecule has 0 aliphatic carbocycles. The van der Waals surface area contributed by atoms with E-state index in [2.05, 4.69) is 36.5 Å². The minimum Gasteiger partial charge on any atom is -0.377 e. The first-order valence-corrected chi connectivity index (χ1v) is 8.38. The van der Waals surface area contributed by atoms with Crippen LogP contribution in [0.2, 0.25) is 0 Å². The van der Waals surface area contributed by atoms with E-state index < -0.39 is 0 Å². The molecule has 1 aromatic heterocycles. The number of nitrogens with one attached hydrogen (secondary N) is 1. The van der Waals surface area contributed by atoms with Gasteiger partial charge in [-0.1, -0.05) is 19.1 Å². The van der Waals surface area contributed by atoms with Crippen LogP contribution < -0.4 is 5.32 Å². The molecule has 0 radical (unpaired) electrons. The Balaban J connectivity index is 1.73. The van der Waals surface area contributed by atoms with Crippen LogP contribution in [0.1, 0.15) is 31.2 Å². The molecule has 2 atom stereocenters. The van der Waals surface area contributed by atoms with Crippen molar-refractivity contribution in [1.29, 1.82) is 0 Å². The minimum atomic E-state index is 0.355. The topological polar surface area (TPSA) is 34.2 Å². The van der Waals surface area contributed by atoms with E-state index in [1.807, 2.05) is 11.3 Å². The van der Waals surface area contributed by atoms with Crippen molar-refractivity contribution in [3.63, 3.8) is 0 Å². The van der Waals surface area contributed by atoms with Crippen LogP contribution in [0.25, 0.3) is 10.2 Å². The van der Waals surface area contributed by atoms with Gasteiger partial charge in [0.25, 0.3) is 0 Å². The molecular weight excluding hydrogens is 268 g/mol. The number of para-hydroxylation sites is 1. The Morgan fingerprint density at radius 2 is 2.35 bits per heavy atom. The van der Waals surface area contributed by atoms with Gasteiger partial charge in [-0.25, -0.2) is 4.98 Å². The van der Waals surface area contributed by atoms with Crippen LogP contribution in [0.3, 0.4) is 0 Å². The highest BCUT2D eigenvalue weighted by Gasteiger charge is 2.26. The summed E-state index contributed by atoms with van der Waals surface area (Å²) in [5.74, 6) is 0. The molecule has 3 nitrogen and oxygen atoms in total. The summed E-state index contributed by atoms with van der Waals surface area (Å²) in [5.41, 5.74) is 1.12. The molecule has 20 heavy (non-hydrogen) atoms. The fourth-order valence-corrected chi connectivity index (χ4v) is 3.81. The fourth-order valence-electron chi connectivity index (χ4n) is 2.78. The Kier molecular flexibility index (Phi) is 4.65. The molecule has 4 heteroatoms. The maximum Gasteiger partial charge on any atom is 0.0955 e. The second kappa shape index (κ2) is 6.66. The van der Waals surface area contributed by atoms with Gasteiger partial charge in [0.05, 0.1) is 21.3 Å². The largest absolute Gasteiger partial charge is 0.377 e. The molecule has 3 rings (SSSR count). The van der Waals surface area contributed by atoms with Crippen LogP contribution in [0.5, 0.6) is 0 Å². The van der Waals surface area contributed by atoms with Crippen molar-refractivity contribution in [3.8, 4) is 0 Å². The predicted molar refractivity (Wildman–Crippen MR) is 84.4 cm³/mol. The van der Waals surface area contributed by atoms with Gasteiger partial charge in [0.2, 0.25) is 0 Å². The monoisotopic (exact) mass is 290 g/mol. The lowest BCUT2D eigenvalue weighted by atomic mass is 10.0. The van der Waals surface area contributed by atoms with Gasteiger partial charge in [-0.15, -0.1) is 11.3 Å². The van der Waals surface area contributed by atoms with Gasteiger partial charge in [0.15, 0.2) is 0 Å². The smallest absolute Gasteiger partial charge is 0.0955 e. The molecule has 0 saturated carbocycles. The molecule has 2 heterocycles. The quantitative estimate of drug-likeness (QED) is 0.885. The molecule has 108 valence electrons. The fraction of sp³-hybridized carbons (Fsp3) is 0.562. The Morgan fingerprint density at radius 1 is 1.45 bits per heavy atom. The number of aromatic nitrogens is 1. The van der Waals surface area contributed by atoms with Crippen LogP contribution in [-0.2, 0) is 11.2 Å². The molecular formula is C16H22N2OS. The number of hydrogen-bond acceptors (Lipinski definition) is 4. The third-order valence-corrected chi connectivity index (χ3v) is 4.86. The summed E-state index contributed by atoms with van der Waals surface area (Å²) in [6.45, 7) is 4.17. The van der Waals surface area contributed by atoms with Crippen molar-refractivity contribution in [3.05, 3.63) is 29.3 Å². The molecule has 1 aliphatic heterocycles. The Labute approximate surface area is 124 Å². The first-order chi connectivity index (χ1) is 9.86. The standard InChI is InChI=1S/C16H22N2OS/c1-2-9-17-13(14-7-5-10-19-14)11-16-18-12-6-3-4-8-15(12)20-16/h3-4,6,8,13-14,17H,2,5,7,9-11H2,1H3. The number of benzene rings is 1. The number of nitrogens with zero attached hydrogens (tertiary/aromatic N) is 1. The molecule has 0 bridgehead atoms. The van der Waals surface area contributed by atoms with E-state index in [9.17, 15) is 0 Å². The third-order valence-electron chi connectivity index (χ3n) is 3.80. The summed E-state index contributed by atoms with van der Waals surface area (Å²) in [5, 5.41) is 4.86. The molecule has 0 spiro atoms. The highest BCUT2D eigenvalue weighted by molar-refractivity contribution is 7.18. The van der Waals surface area contributed by atoms with Gasteiger partial charge in [-0.2, -0.15) is 0 Å². The second-order valence-electron chi connectivity index (χ2n) is 5.39. The zero-order chi connectivity index (χ0) is 13.8. The van der Waals surface area contributed by atoms with E-state index in [1.54, 1.807) is 0 Å². The summed E-state index contributed by atoms with van der Waals surface area (Å²) < 4.78 is 7.15. The number of fused-ring (bicyclic) bond motifs is 1. The summed E-state index contributed by atoms with van der Waals surface area (Å²) >= 11 is 1.81.